The summed E-state index contributed by atoms with van der Waals surface area (Å²) in [6.45, 7) is 3.03. The quantitative estimate of drug-likeness (QED) is 0.662. The van der Waals surface area contributed by atoms with Crippen molar-refractivity contribution in [3.8, 4) is 0 Å². The molecule has 1 amide bonds. The van der Waals surface area contributed by atoms with Gasteiger partial charge in [-0.3, -0.25) is 4.79 Å². The van der Waals surface area contributed by atoms with Crippen molar-refractivity contribution in [3.05, 3.63) is 44.2 Å². The van der Waals surface area contributed by atoms with E-state index in [0.29, 0.717) is 10.8 Å². The van der Waals surface area contributed by atoms with Crippen molar-refractivity contribution in [1.29, 1.82) is 0 Å². The van der Waals surface area contributed by atoms with Gasteiger partial charge in [0.1, 0.15) is 4.21 Å². The molecule has 1 aromatic heterocycles. The average molecular weight is 480 g/mol. The number of carbonyl (C=O) groups is 1. The van der Waals surface area contributed by atoms with Crippen molar-refractivity contribution in [1.82, 2.24) is 10.2 Å². The van der Waals surface area contributed by atoms with Crippen LogP contribution in [0, 0.1) is 5.92 Å². The van der Waals surface area contributed by atoms with Crippen LogP contribution in [0.4, 0.5) is 0 Å². The predicted molar refractivity (Wildman–Crippen MR) is 112 cm³/mol. The van der Waals surface area contributed by atoms with Gasteiger partial charge in [0.15, 0.2) is 0 Å². The smallest absolute Gasteiger partial charge is 0.261 e. The molecule has 10 heteroatoms. The van der Waals surface area contributed by atoms with Crippen molar-refractivity contribution in [2.45, 2.75) is 28.0 Å². The highest BCUT2D eigenvalue weighted by Crippen LogP contribution is 2.36. The van der Waals surface area contributed by atoms with Gasteiger partial charge in [0, 0.05) is 12.6 Å². The number of thiophene rings is 1. The van der Waals surface area contributed by atoms with Gasteiger partial charge in [-0.25, -0.2) is 8.42 Å². The molecule has 1 atom stereocenters. The van der Waals surface area contributed by atoms with E-state index in [4.69, 9.17) is 34.8 Å². The third-order valence-electron chi connectivity index (χ3n) is 5.31. The number of nitrogens with one attached hydrogen (secondary N) is 1. The first kappa shape index (κ1) is 20.4. The monoisotopic (exact) mass is 478 g/mol. The lowest BCUT2D eigenvalue weighted by Crippen LogP contribution is -2.57. The molecule has 0 radical (unpaired) electrons. The molecule has 3 saturated heterocycles. The zero-order valence-electron chi connectivity index (χ0n) is 14.6. The van der Waals surface area contributed by atoms with E-state index in [0.717, 1.165) is 43.8 Å². The maximum absolute atomic E-state index is 12.9. The van der Waals surface area contributed by atoms with E-state index in [1.165, 1.54) is 24.3 Å². The van der Waals surface area contributed by atoms with Crippen LogP contribution in [0.5, 0.6) is 0 Å². The second kappa shape index (κ2) is 7.78. The second-order valence-electron chi connectivity index (χ2n) is 7.04. The van der Waals surface area contributed by atoms with Crippen molar-refractivity contribution in [3.63, 3.8) is 0 Å². The largest absolute Gasteiger partial charge is 0.347 e. The second-order valence-corrected chi connectivity index (χ2v) is 11.5. The Morgan fingerprint density at radius 2 is 1.75 bits per heavy atom. The highest BCUT2D eigenvalue weighted by molar-refractivity contribution is 7.93. The molecule has 28 heavy (non-hydrogen) atoms. The van der Waals surface area contributed by atoms with Gasteiger partial charge in [-0.1, -0.05) is 34.8 Å². The van der Waals surface area contributed by atoms with E-state index in [9.17, 15) is 13.2 Å². The Morgan fingerprint density at radius 3 is 2.39 bits per heavy atom. The highest BCUT2D eigenvalue weighted by Gasteiger charge is 2.35. The maximum atomic E-state index is 12.9. The Labute approximate surface area is 182 Å². The first-order valence-electron chi connectivity index (χ1n) is 8.78. The molecular formula is C18H17Cl3N2O3S2. The molecule has 5 nitrogen and oxygen atoms in total. The Kier molecular flexibility index (Phi) is 5.68. The molecule has 0 saturated carbocycles. The number of piperidine rings is 3. The molecule has 150 valence electrons. The van der Waals surface area contributed by atoms with Gasteiger partial charge in [-0.2, -0.15) is 0 Å². The molecule has 4 heterocycles. The van der Waals surface area contributed by atoms with Crippen LogP contribution in [0.1, 0.15) is 22.5 Å². The predicted octanol–water partition coefficient (Wildman–Crippen LogP) is 4.37. The molecule has 1 N–H and O–H groups in total. The summed E-state index contributed by atoms with van der Waals surface area (Å²) >= 11 is 18.8. The van der Waals surface area contributed by atoms with E-state index in [2.05, 4.69) is 10.2 Å². The number of halogens is 3. The summed E-state index contributed by atoms with van der Waals surface area (Å²) in [5.74, 6) is 0.248. The number of hydrogen-bond donors (Lipinski definition) is 1. The number of rotatable bonds is 4. The summed E-state index contributed by atoms with van der Waals surface area (Å²) in [6, 6.07) is 5.59. The number of hydrogen-bond acceptors (Lipinski definition) is 5. The van der Waals surface area contributed by atoms with Crippen molar-refractivity contribution >= 4 is 61.9 Å². The van der Waals surface area contributed by atoms with Crippen LogP contribution in [0.25, 0.3) is 0 Å². The van der Waals surface area contributed by atoms with Gasteiger partial charge in [-0.05, 0) is 56.1 Å². The van der Waals surface area contributed by atoms with Gasteiger partial charge in [-0.15, -0.1) is 11.3 Å². The first-order valence-corrected chi connectivity index (χ1v) is 12.2. The molecular weight excluding hydrogens is 463 g/mol. The maximum Gasteiger partial charge on any atom is 0.261 e. The lowest BCUT2D eigenvalue weighted by atomic mass is 9.84. The summed E-state index contributed by atoms with van der Waals surface area (Å²) < 4.78 is 25.9. The Bertz CT molecular complexity index is 1030. The fraction of sp³-hybridized carbons (Fsp3) is 0.389. The SMILES string of the molecule is O=C(N[C@H]1CN2CCC1CC2)c1ccc(S(=O)(=O)c2cc(Cl)c(Cl)cc2Cl)s1. The Morgan fingerprint density at radius 1 is 1.07 bits per heavy atom. The normalized spacial score (nSPS) is 24.3. The van der Waals surface area contributed by atoms with E-state index < -0.39 is 9.84 Å². The lowest BCUT2D eigenvalue weighted by Gasteiger charge is -2.44. The summed E-state index contributed by atoms with van der Waals surface area (Å²) in [6.07, 6.45) is 2.18. The topological polar surface area (TPSA) is 66.5 Å². The van der Waals surface area contributed by atoms with Crippen molar-refractivity contribution < 1.29 is 13.2 Å². The molecule has 3 aliphatic heterocycles. The van der Waals surface area contributed by atoms with Gasteiger partial charge < -0.3 is 10.2 Å². The van der Waals surface area contributed by atoms with Crippen molar-refractivity contribution in [2.75, 3.05) is 19.6 Å². The molecule has 0 aliphatic carbocycles. The van der Waals surface area contributed by atoms with E-state index >= 15 is 0 Å². The fourth-order valence-electron chi connectivity index (χ4n) is 3.77. The third-order valence-corrected chi connectivity index (χ3v) is 9.82. The van der Waals surface area contributed by atoms with E-state index in [1.807, 2.05) is 0 Å². The summed E-state index contributed by atoms with van der Waals surface area (Å²) in [5.41, 5.74) is 0. The van der Waals surface area contributed by atoms with Crippen LogP contribution in [-0.2, 0) is 9.84 Å². The first-order chi connectivity index (χ1) is 13.3. The summed E-state index contributed by atoms with van der Waals surface area (Å²) in [5, 5.41) is 3.33. The number of sulfone groups is 1. The number of benzene rings is 1. The van der Waals surface area contributed by atoms with E-state index in [-0.39, 0.29) is 36.1 Å². The molecule has 3 aliphatic rings. The molecule has 2 aromatic rings. The van der Waals surface area contributed by atoms with Gasteiger partial charge >= 0.3 is 0 Å². The minimum absolute atomic E-state index is 0.0129. The fourth-order valence-corrected chi connectivity index (χ4v) is 7.36. The number of nitrogens with zero attached hydrogens (tertiary/aromatic N) is 1. The third kappa shape index (κ3) is 3.80. The van der Waals surface area contributed by atoms with Gasteiger partial charge in [0.05, 0.1) is 24.8 Å². The molecule has 3 fully saturated rings. The van der Waals surface area contributed by atoms with Crippen molar-refractivity contribution in [2.24, 2.45) is 5.92 Å². The number of amides is 1. The Balaban J connectivity index is 1.55. The lowest BCUT2D eigenvalue weighted by molar-refractivity contribution is 0.0622. The van der Waals surface area contributed by atoms with Crippen LogP contribution < -0.4 is 5.32 Å². The van der Waals surface area contributed by atoms with E-state index in [1.54, 1.807) is 0 Å². The minimum atomic E-state index is -3.91. The zero-order valence-corrected chi connectivity index (χ0v) is 18.5. The van der Waals surface area contributed by atoms with Crippen LogP contribution >= 0.6 is 46.1 Å². The molecule has 5 rings (SSSR count). The average Bonchev–Trinajstić information content (AvgIpc) is 3.17. The van der Waals surface area contributed by atoms with Crippen LogP contribution in [0.2, 0.25) is 15.1 Å². The van der Waals surface area contributed by atoms with Gasteiger partial charge in [0.25, 0.3) is 5.91 Å². The van der Waals surface area contributed by atoms with Gasteiger partial charge in [0.2, 0.25) is 9.84 Å². The molecule has 1 aromatic carbocycles. The summed E-state index contributed by atoms with van der Waals surface area (Å²) in [7, 11) is -3.91. The zero-order chi connectivity index (χ0) is 20.1. The molecule has 2 bridgehead atoms. The number of fused-ring (bicyclic) bond motifs is 3. The Hall–Kier alpha value is -0.830. The van der Waals surface area contributed by atoms with Crippen LogP contribution in [0.15, 0.2) is 33.4 Å². The van der Waals surface area contributed by atoms with Crippen LogP contribution in [0.3, 0.4) is 0 Å². The van der Waals surface area contributed by atoms with Crippen LogP contribution in [-0.4, -0.2) is 44.9 Å². The highest BCUT2D eigenvalue weighted by atomic mass is 35.5. The molecule has 0 spiro atoms. The number of carbonyl (C=O) groups excluding carboxylic acids is 1. The molecule has 0 unspecified atom stereocenters. The minimum Gasteiger partial charge on any atom is -0.347 e. The summed E-state index contributed by atoms with van der Waals surface area (Å²) in [4.78, 5) is 15.2. The standard InChI is InChI=1S/C18H17Cl3N2O3S2/c19-11-7-13(21)16(8-12(11)20)28(25,26)17-2-1-15(27-17)18(24)22-14-9-23-5-3-10(14)4-6-23/h1-2,7-8,10,14H,3-6,9H2,(H,22,24)/t14-/m0/s1.